The lowest BCUT2D eigenvalue weighted by Crippen LogP contribution is -2.39. The molecular formula is C15H21NO3. The number of benzene rings is 1. The molecule has 0 bridgehead atoms. The first-order valence-electron chi connectivity index (χ1n) is 6.82. The Balaban J connectivity index is 2.01. The van der Waals surface area contributed by atoms with E-state index >= 15 is 0 Å². The summed E-state index contributed by atoms with van der Waals surface area (Å²) < 4.78 is 10.7. The van der Waals surface area contributed by atoms with Gasteiger partial charge in [0.15, 0.2) is 0 Å². The second-order valence-corrected chi connectivity index (χ2v) is 4.77. The number of hydrogen-bond donors (Lipinski definition) is 1. The molecule has 4 nitrogen and oxygen atoms in total. The van der Waals surface area contributed by atoms with Crippen LogP contribution in [-0.2, 0) is 4.74 Å². The molecule has 0 atom stereocenters. The van der Waals surface area contributed by atoms with Gasteiger partial charge in [-0.3, -0.25) is 4.79 Å². The van der Waals surface area contributed by atoms with Gasteiger partial charge in [-0.1, -0.05) is 0 Å². The smallest absolute Gasteiger partial charge is 0.251 e. The Labute approximate surface area is 114 Å². The van der Waals surface area contributed by atoms with E-state index in [4.69, 9.17) is 9.47 Å². The van der Waals surface area contributed by atoms with E-state index in [1.165, 1.54) is 0 Å². The fraction of sp³-hybridized carbons (Fsp3) is 0.533. The monoisotopic (exact) mass is 263 g/mol. The van der Waals surface area contributed by atoms with Gasteiger partial charge >= 0.3 is 0 Å². The molecule has 0 saturated carbocycles. The molecule has 4 heteroatoms. The molecule has 1 heterocycles. The van der Waals surface area contributed by atoms with Crippen LogP contribution in [0.1, 0.15) is 35.7 Å². The maximum atomic E-state index is 12.2. The summed E-state index contributed by atoms with van der Waals surface area (Å²) in [4.78, 5) is 12.2. The third-order valence-electron chi connectivity index (χ3n) is 3.31. The molecule has 1 aliphatic rings. The van der Waals surface area contributed by atoms with Crippen molar-refractivity contribution in [2.75, 3.05) is 19.8 Å². The number of carbonyl (C=O) groups excluding carboxylic acids is 1. The predicted octanol–water partition coefficient (Wildman–Crippen LogP) is 2.30. The first-order chi connectivity index (χ1) is 9.20. The minimum Gasteiger partial charge on any atom is -0.494 e. The van der Waals surface area contributed by atoms with E-state index in [-0.39, 0.29) is 11.9 Å². The highest BCUT2D eigenvalue weighted by molar-refractivity contribution is 5.96. The second kappa shape index (κ2) is 6.57. The van der Waals surface area contributed by atoms with E-state index in [0.717, 1.165) is 42.9 Å². The van der Waals surface area contributed by atoms with Crippen molar-refractivity contribution in [3.05, 3.63) is 29.3 Å². The zero-order chi connectivity index (χ0) is 13.7. The van der Waals surface area contributed by atoms with Crippen LogP contribution in [0.15, 0.2) is 18.2 Å². The van der Waals surface area contributed by atoms with Crippen LogP contribution in [-0.4, -0.2) is 31.8 Å². The molecule has 1 saturated heterocycles. The van der Waals surface area contributed by atoms with Crippen LogP contribution < -0.4 is 10.1 Å². The topological polar surface area (TPSA) is 47.6 Å². The molecule has 19 heavy (non-hydrogen) atoms. The number of hydrogen-bond acceptors (Lipinski definition) is 3. The molecule has 0 unspecified atom stereocenters. The number of rotatable bonds is 4. The van der Waals surface area contributed by atoms with Crippen LogP contribution >= 0.6 is 0 Å². The van der Waals surface area contributed by atoms with Gasteiger partial charge in [0.25, 0.3) is 5.91 Å². The van der Waals surface area contributed by atoms with E-state index in [1.54, 1.807) is 0 Å². The van der Waals surface area contributed by atoms with Crippen LogP contribution in [0.25, 0.3) is 0 Å². The third kappa shape index (κ3) is 3.70. The average molecular weight is 263 g/mol. The molecule has 0 radical (unpaired) electrons. The van der Waals surface area contributed by atoms with Gasteiger partial charge in [-0.05, 0) is 50.5 Å². The van der Waals surface area contributed by atoms with E-state index in [9.17, 15) is 4.79 Å². The van der Waals surface area contributed by atoms with E-state index in [0.29, 0.717) is 6.61 Å². The molecular weight excluding hydrogens is 242 g/mol. The fourth-order valence-electron chi connectivity index (χ4n) is 2.25. The van der Waals surface area contributed by atoms with Crippen molar-refractivity contribution in [1.82, 2.24) is 5.32 Å². The summed E-state index contributed by atoms with van der Waals surface area (Å²) in [7, 11) is 0. The average Bonchev–Trinajstić information content (AvgIpc) is 2.40. The summed E-state index contributed by atoms with van der Waals surface area (Å²) in [6, 6.07) is 5.81. The highest BCUT2D eigenvalue weighted by Gasteiger charge is 2.18. The summed E-state index contributed by atoms with van der Waals surface area (Å²) in [5, 5.41) is 3.07. The molecule has 1 fully saturated rings. The Morgan fingerprint density at radius 2 is 2.16 bits per heavy atom. The molecule has 0 aliphatic carbocycles. The highest BCUT2D eigenvalue weighted by Crippen LogP contribution is 2.18. The molecule has 1 N–H and O–H groups in total. The van der Waals surface area contributed by atoms with Gasteiger partial charge in [-0.2, -0.15) is 0 Å². The van der Waals surface area contributed by atoms with Crippen molar-refractivity contribution in [1.29, 1.82) is 0 Å². The lowest BCUT2D eigenvalue weighted by Gasteiger charge is -2.23. The Hall–Kier alpha value is -1.55. The van der Waals surface area contributed by atoms with Crippen molar-refractivity contribution < 1.29 is 14.3 Å². The van der Waals surface area contributed by atoms with E-state index in [2.05, 4.69) is 5.32 Å². The summed E-state index contributed by atoms with van der Waals surface area (Å²) in [6.07, 6.45) is 1.78. The van der Waals surface area contributed by atoms with Gasteiger partial charge in [-0.15, -0.1) is 0 Å². The van der Waals surface area contributed by atoms with Gasteiger partial charge in [0.2, 0.25) is 0 Å². The molecule has 104 valence electrons. The zero-order valence-corrected chi connectivity index (χ0v) is 11.6. The quantitative estimate of drug-likeness (QED) is 0.906. The van der Waals surface area contributed by atoms with Crippen LogP contribution in [0.2, 0.25) is 0 Å². The van der Waals surface area contributed by atoms with Crippen LogP contribution in [0, 0.1) is 6.92 Å². The highest BCUT2D eigenvalue weighted by atomic mass is 16.5. The Kier molecular flexibility index (Phi) is 4.80. The van der Waals surface area contributed by atoms with Crippen molar-refractivity contribution in [3.8, 4) is 5.75 Å². The van der Waals surface area contributed by atoms with Gasteiger partial charge in [-0.25, -0.2) is 0 Å². The Morgan fingerprint density at radius 3 is 2.79 bits per heavy atom. The number of aryl methyl sites for hydroxylation is 1. The first kappa shape index (κ1) is 13.9. The molecule has 1 aromatic rings. The minimum absolute atomic E-state index is 0.00699. The van der Waals surface area contributed by atoms with Gasteiger partial charge in [0.05, 0.1) is 6.61 Å². The summed E-state index contributed by atoms with van der Waals surface area (Å²) >= 11 is 0. The second-order valence-electron chi connectivity index (χ2n) is 4.77. The van der Waals surface area contributed by atoms with Gasteiger partial charge < -0.3 is 14.8 Å². The molecule has 2 rings (SSSR count). The maximum Gasteiger partial charge on any atom is 0.251 e. The lowest BCUT2D eigenvalue weighted by atomic mass is 10.1. The van der Waals surface area contributed by atoms with E-state index < -0.39 is 0 Å². The largest absolute Gasteiger partial charge is 0.494 e. The number of ether oxygens (including phenoxy) is 2. The number of carbonyl (C=O) groups is 1. The SMILES string of the molecule is CCOc1ccc(C(=O)NC2CCOCC2)c(C)c1. The molecule has 1 amide bonds. The third-order valence-corrected chi connectivity index (χ3v) is 3.31. The number of amides is 1. The minimum atomic E-state index is -0.00699. The first-order valence-corrected chi connectivity index (χ1v) is 6.82. The van der Waals surface area contributed by atoms with Crippen molar-refractivity contribution in [2.45, 2.75) is 32.7 Å². The normalized spacial score (nSPS) is 16.1. The van der Waals surface area contributed by atoms with E-state index in [1.807, 2.05) is 32.0 Å². The lowest BCUT2D eigenvalue weighted by molar-refractivity contribution is 0.0696. The summed E-state index contributed by atoms with van der Waals surface area (Å²) in [6.45, 7) is 5.97. The maximum absolute atomic E-state index is 12.2. The fourth-order valence-corrected chi connectivity index (χ4v) is 2.25. The molecule has 0 aromatic heterocycles. The predicted molar refractivity (Wildman–Crippen MR) is 73.7 cm³/mol. The van der Waals surface area contributed by atoms with Gasteiger partial charge in [0.1, 0.15) is 5.75 Å². The molecule has 0 spiro atoms. The Morgan fingerprint density at radius 1 is 1.42 bits per heavy atom. The van der Waals surface area contributed by atoms with Gasteiger partial charge in [0, 0.05) is 24.8 Å². The zero-order valence-electron chi connectivity index (χ0n) is 11.6. The summed E-state index contributed by atoms with van der Waals surface area (Å²) in [5.74, 6) is 0.801. The van der Waals surface area contributed by atoms with Crippen LogP contribution in [0.4, 0.5) is 0 Å². The molecule has 1 aromatic carbocycles. The molecule has 1 aliphatic heterocycles. The summed E-state index contributed by atoms with van der Waals surface area (Å²) in [5.41, 5.74) is 1.66. The number of nitrogens with one attached hydrogen (secondary N) is 1. The standard InChI is InChI=1S/C15H21NO3/c1-3-19-13-4-5-14(11(2)10-13)15(17)16-12-6-8-18-9-7-12/h4-5,10,12H,3,6-9H2,1-2H3,(H,16,17). The Bertz CT molecular complexity index is 439. The van der Waals surface area contributed by atoms with Crippen LogP contribution in [0.3, 0.4) is 0 Å². The van der Waals surface area contributed by atoms with Crippen LogP contribution in [0.5, 0.6) is 5.75 Å². The van der Waals surface area contributed by atoms with Crippen molar-refractivity contribution in [3.63, 3.8) is 0 Å². The van der Waals surface area contributed by atoms with Crippen molar-refractivity contribution in [2.24, 2.45) is 0 Å². The van der Waals surface area contributed by atoms with Crippen molar-refractivity contribution >= 4 is 5.91 Å².